The monoisotopic (exact) mass is 579 g/mol. The number of nitrogens with zero attached hydrogens (tertiary/aromatic N) is 1. The van der Waals surface area contributed by atoms with Gasteiger partial charge in [-0.3, -0.25) is 14.6 Å². The summed E-state index contributed by atoms with van der Waals surface area (Å²) >= 11 is 5.97. The molecule has 41 heavy (non-hydrogen) atoms. The normalized spacial score (nSPS) is 13.2. The fourth-order valence-corrected chi connectivity index (χ4v) is 4.35. The Morgan fingerprint density at radius 3 is 2.32 bits per heavy atom. The summed E-state index contributed by atoms with van der Waals surface area (Å²) in [5.74, 6) is -2.37. The number of hydrogen-bond donors (Lipinski definition) is 3. The smallest absolute Gasteiger partial charge is 0.341 e. The van der Waals surface area contributed by atoms with E-state index in [1.807, 2.05) is 0 Å². The standard InChI is InChI=1S/C29H23ClFN3O7/c1-39-24-13-19-21(14-25(24)40-15-26(35)36)32-10-7-22(19)41-23-6-5-18(12-20(23)31)34-28(38)29(8-9-29)27(37)33-17-4-2-3-16(30)11-17/h2-7,10-14H,8-9,15H2,1H3,(H,33,37)(H,34,38)(H,35,36). The van der Waals surface area contributed by atoms with Crippen molar-refractivity contribution in [3.8, 4) is 23.0 Å². The summed E-state index contributed by atoms with van der Waals surface area (Å²) in [6.07, 6.45) is 2.16. The quantitative estimate of drug-likeness (QED) is 0.205. The van der Waals surface area contributed by atoms with Gasteiger partial charge in [-0.05, 0) is 55.3 Å². The largest absolute Gasteiger partial charge is 0.493 e. The average molecular weight is 580 g/mol. The number of carbonyl (C=O) groups is 3. The number of benzene rings is 3. The highest BCUT2D eigenvalue weighted by Gasteiger charge is 2.56. The van der Waals surface area contributed by atoms with Crippen molar-refractivity contribution < 1.29 is 38.1 Å². The minimum Gasteiger partial charge on any atom is -0.493 e. The summed E-state index contributed by atoms with van der Waals surface area (Å²) in [6, 6.07) is 15.1. The fourth-order valence-electron chi connectivity index (χ4n) is 4.16. The number of anilines is 2. The fraction of sp³-hybridized carbons (Fsp3) is 0.172. The molecule has 3 aromatic carbocycles. The Morgan fingerprint density at radius 1 is 0.951 bits per heavy atom. The number of carboxylic acids is 1. The summed E-state index contributed by atoms with van der Waals surface area (Å²) in [6.45, 7) is -0.570. The minimum atomic E-state index is -1.25. The zero-order valence-corrected chi connectivity index (χ0v) is 22.3. The molecular weight excluding hydrogens is 557 g/mol. The molecule has 12 heteroatoms. The van der Waals surface area contributed by atoms with Crippen LogP contribution in [0.2, 0.25) is 5.02 Å². The van der Waals surface area contributed by atoms with Crippen LogP contribution in [-0.4, -0.2) is 41.6 Å². The van der Waals surface area contributed by atoms with E-state index in [-0.39, 0.29) is 28.7 Å². The van der Waals surface area contributed by atoms with Crippen LogP contribution in [0, 0.1) is 11.2 Å². The Labute approximate surface area is 238 Å². The summed E-state index contributed by atoms with van der Waals surface area (Å²) in [7, 11) is 1.39. The zero-order chi connectivity index (χ0) is 29.1. The van der Waals surface area contributed by atoms with Crippen LogP contribution in [-0.2, 0) is 14.4 Å². The average Bonchev–Trinajstić information content (AvgIpc) is 3.75. The van der Waals surface area contributed by atoms with Gasteiger partial charge in [0.05, 0.1) is 12.6 Å². The third-order valence-electron chi connectivity index (χ3n) is 6.45. The highest BCUT2D eigenvalue weighted by atomic mass is 35.5. The number of carbonyl (C=O) groups excluding carboxylic acids is 2. The van der Waals surface area contributed by atoms with Crippen LogP contribution < -0.4 is 24.8 Å². The molecular formula is C29H23ClFN3O7. The van der Waals surface area contributed by atoms with E-state index in [0.29, 0.717) is 34.5 Å². The first-order chi connectivity index (χ1) is 19.7. The molecule has 0 aliphatic heterocycles. The molecule has 0 atom stereocenters. The number of carboxylic acid groups (broad SMARTS) is 1. The van der Waals surface area contributed by atoms with E-state index in [4.69, 9.17) is 30.9 Å². The van der Waals surface area contributed by atoms with Crippen molar-refractivity contribution in [2.45, 2.75) is 12.8 Å². The second kappa shape index (κ2) is 11.3. The highest BCUT2D eigenvalue weighted by molar-refractivity contribution is 6.31. The maximum absolute atomic E-state index is 15.1. The first-order valence-electron chi connectivity index (χ1n) is 12.4. The second-order valence-corrected chi connectivity index (χ2v) is 9.70. The molecule has 0 bridgehead atoms. The van der Waals surface area contributed by atoms with Gasteiger partial charge in [0.25, 0.3) is 0 Å². The number of halogens is 2. The summed E-state index contributed by atoms with van der Waals surface area (Å²) in [4.78, 5) is 41.0. The first kappa shape index (κ1) is 27.7. The molecule has 5 rings (SSSR count). The molecule has 1 aromatic heterocycles. The van der Waals surface area contributed by atoms with Crippen LogP contribution >= 0.6 is 11.6 Å². The third kappa shape index (κ3) is 5.99. The third-order valence-corrected chi connectivity index (χ3v) is 6.68. The molecule has 0 saturated heterocycles. The second-order valence-electron chi connectivity index (χ2n) is 9.26. The van der Waals surface area contributed by atoms with Gasteiger partial charge in [0.15, 0.2) is 29.7 Å². The molecule has 10 nitrogen and oxygen atoms in total. The summed E-state index contributed by atoms with van der Waals surface area (Å²) in [5, 5.41) is 15.1. The molecule has 1 aliphatic rings. The Bertz CT molecular complexity index is 1680. The van der Waals surface area contributed by atoms with E-state index in [1.54, 1.807) is 30.3 Å². The van der Waals surface area contributed by atoms with Crippen LogP contribution in [0.15, 0.2) is 66.9 Å². The van der Waals surface area contributed by atoms with Gasteiger partial charge in [-0.2, -0.15) is 0 Å². The molecule has 0 radical (unpaired) electrons. The zero-order valence-electron chi connectivity index (χ0n) is 21.6. The van der Waals surface area contributed by atoms with Gasteiger partial charge in [0.1, 0.15) is 11.2 Å². The van der Waals surface area contributed by atoms with E-state index in [0.717, 1.165) is 6.07 Å². The number of fused-ring (bicyclic) bond motifs is 1. The van der Waals surface area contributed by atoms with Crippen molar-refractivity contribution in [2.75, 3.05) is 24.4 Å². The Balaban J connectivity index is 1.31. The number of hydrogen-bond acceptors (Lipinski definition) is 7. The molecule has 1 saturated carbocycles. The van der Waals surface area contributed by atoms with Crippen LogP contribution in [0.25, 0.3) is 10.9 Å². The maximum Gasteiger partial charge on any atom is 0.341 e. The first-order valence-corrected chi connectivity index (χ1v) is 12.7. The van der Waals surface area contributed by atoms with Crippen molar-refractivity contribution in [3.05, 3.63) is 77.7 Å². The van der Waals surface area contributed by atoms with E-state index >= 15 is 4.39 Å². The Kier molecular flexibility index (Phi) is 7.62. The number of nitrogens with one attached hydrogen (secondary N) is 2. The predicted molar refractivity (Wildman–Crippen MR) is 148 cm³/mol. The van der Waals surface area contributed by atoms with Gasteiger partial charge in [-0.25, -0.2) is 9.18 Å². The van der Waals surface area contributed by atoms with E-state index in [1.165, 1.54) is 37.6 Å². The molecule has 0 unspecified atom stereocenters. The molecule has 2 amide bonds. The lowest BCUT2D eigenvalue weighted by atomic mass is 10.0. The molecule has 0 spiro atoms. The van der Waals surface area contributed by atoms with Crippen LogP contribution in [0.1, 0.15) is 12.8 Å². The summed E-state index contributed by atoms with van der Waals surface area (Å²) in [5.41, 5.74) is -0.225. The van der Waals surface area contributed by atoms with Gasteiger partial charge in [-0.1, -0.05) is 17.7 Å². The Hall–Kier alpha value is -4.90. The molecule has 1 fully saturated rings. The van der Waals surface area contributed by atoms with Crippen molar-refractivity contribution in [2.24, 2.45) is 5.41 Å². The predicted octanol–water partition coefficient (Wildman–Crippen LogP) is 5.65. The lowest BCUT2D eigenvalue weighted by Crippen LogP contribution is -2.35. The van der Waals surface area contributed by atoms with Gasteiger partial charge >= 0.3 is 5.97 Å². The number of methoxy groups -OCH3 is 1. The highest BCUT2D eigenvalue weighted by Crippen LogP contribution is 2.48. The molecule has 4 aromatic rings. The number of ether oxygens (including phenoxy) is 3. The van der Waals surface area contributed by atoms with Gasteiger partial charge < -0.3 is 30.0 Å². The van der Waals surface area contributed by atoms with Crippen LogP contribution in [0.3, 0.4) is 0 Å². The summed E-state index contributed by atoms with van der Waals surface area (Å²) < 4.78 is 31.5. The maximum atomic E-state index is 15.1. The number of rotatable bonds is 10. The molecule has 1 aliphatic carbocycles. The molecule has 1 heterocycles. The number of amides is 2. The number of pyridine rings is 1. The van der Waals surface area contributed by atoms with Gasteiger partial charge in [0, 0.05) is 40.1 Å². The lowest BCUT2D eigenvalue weighted by molar-refractivity contribution is -0.139. The number of aromatic nitrogens is 1. The van der Waals surface area contributed by atoms with Crippen molar-refractivity contribution in [3.63, 3.8) is 0 Å². The van der Waals surface area contributed by atoms with Crippen LogP contribution in [0.5, 0.6) is 23.0 Å². The van der Waals surface area contributed by atoms with E-state index in [2.05, 4.69) is 15.6 Å². The van der Waals surface area contributed by atoms with E-state index < -0.39 is 35.6 Å². The SMILES string of the molecule is COc1cc2c(Oc3ccc(NC(=O)C4(C(=O)Nc5cccc(Cl)c5)CC4)cc3F)ccnc2cc1OCC(=O)O. The van der Waals surface area contributed by atoms with Crippen molar-refractivity contribution in [1.29, 1.82) is 0 Å². The lowest BCUT2D eigenvalue weighted by Gasteiger charge is -2.16. The molecule has 210 valence electrons. The van der Waals surface area contributed by atoms with Gasteiger partial charge in [0.2, 0.25) is 11.8 Å². The van der Waals surface area contributed by atoms with Gasteiger partial charge in [-0.15, -0.1) is 0 Å². The topological polar surface area (TPSA) is 136 Å². The number of aliphatic carboxylic acids is 1. The minimum absolute atomic E-state index is 0.125. The Morgan fingerprint density at radius 2 is 1.68 bits per heavy atom. The van der Waals surface area contributed by atoms with E-state index in [9.17, 15) is 14.4 Å². The van der Waals surface area contributed by atoms with Crippen molar-refractivity contribution in [1.82, 2.24) is 4.98 Å². The van der Waals surface area contributed by atoms with Crippen molar-refractivity contribution >= 4 is 51.7 Å². The van der Waals surface area contributed by atoms with Crippen LogP contribution in [0.4, 0.5) is 15.8 Å². The molecule has 3 N–H and O–H groups in total.